The molecule has 0 aliphatic heterocycles. The third-order valence-corrected chi connectivity index (χ3v) is 5.95. The van der Waals surface area contributed by atoms with Gasteiger partial charge in [-0.1, -0.05) is 29.8 Å². The maximum absolute atomic E-state index is 12.3. The number of methoxy groups -OCH3 is 1. The van der Waals surface area contributed by atoms with Crippen LogP contribution in [0.5, 0.6) is 17.2 Å². The van der Waals surface area contributed by atoms with Crippen molar-refractivity contribution in [1.82, 2.24) is 5.43 Å². The highest BCUT2D eigenvalue weighted by Crippen LogP contribution is 2.32. The first-order valence-electron chi connectivity index (χ1n) is 11.0. The van der Waals surface area contributed by atoms with E-state index in [4.69, 9.17) is 14.2 Å². The quantitative estimate of drug-likeness (QED) is 0.165. The van der Waals surface area contributed by atoms with Crippen LogP contribution in [0.15, 0.2) is 70.2 Å². The van der Waals surface area contributed by atoms with Gasteiger partial charge in [-0.3, -0.25) is 4.79 Å². The van der Waals surface area contributed by atoms with Crippen molar-refractivity contribution in [3.8, 4) is 17.2 Å². The van der Waals surface area contributed by atoms with Crippen molar-refractivity contribution >= 4 is 34.0 Å². The van der Waals surface area contributed by atoms with Crippen LogP contribution in [0.1, 0.15) is 46.8 Å². The lowest BCUT2D eigenvalue weighted by Gasteiger charge is -2.15. The van der Waals surface area contributed by atoms with Gasteiger partial charge in [-0.25, -0.2) is 10.2 Å². The maximum atomic E-state index is 12.3. The molecule has 0 aliphatic rings. The predicted octanol–water partition coefficient (Wildman–Crippen LogP) is 5.64. The molecule has 182 valence electrons. The monoisotopic (exact) mass is 538 g/mol. The molecule has 0 aliphatic carbocycles. The molecule has 7 nitrogen and oxygen atoms in total. The fourth-order valence-corrected chi connectivity index (χ4v) is 3.48. The standard InChI is InChI=1S/C27H27BrN2O5/c1-17(2)23-14-24(28)18(3)13-25(23)34-16-26(31)30-29-15-19-5-9-22(10-6-19)35-27(32)20-7-11-21(33-4)12-8-20/h5-15,17H,16H2,1-4H3,(H,30,31)/b29-15-. The Hall–Kier alpha value is -3.65. The van der Waals surface area contributed by atoms with E-state index in [9.17, 15) is 9.59 Å². The number of carbonyl (C=O) groups excluding carboxylic acids is 2. The van der Waals surface area contributed by atoms with Gasteiger partial charge < -0.3 is 14.2 Å². The molecule has 0 unspecified atom stereocenters. The van der Waals surface area contributed by atoms with Gasteiger partial charge in [0.25, 0.3) is 5.91 Å². The van der Waals surface area contributed by atoms with Crippen molar-refractivity contribution in [2.75, 3.05) is 13.7 Å². The van der Waals surface area contributed by atoms with Gasteiger partial charge in [0, 0.05) is 4.47 Å². The Kier molecular flexibility index (Phi) is 9.03. The Balaban J connectivity index is 1.50. The van der Waals surface area contributed by atoms with Crippen LogP contribution in [0.25, 0.3) is 0 Å². The van der Waals surface area contributed by atoms with Gasteiger partial charge in [0.05, 0.1) is 18.9 Å². The molecule has 35 heavy (non-hydrogen) atoms. The molecule has 0 bridgehead atoms. The molecule has 0 fully saturated rings. The Morgan fingerprint density at radius 3 is 2.31 bits per heavy atom. The van der Waals surface area contributed by atoms with E-state index in [0.29, 0.717) is 22.8 Å². The molecule has 1 N–H and O–H groups in total. The number of hydrogen-bond donors (Lipinski definition) is 1. The minimum atomic E-state index is -0.470. The minimum Gasteiger partial charge on any atom is -0.497 e. The Bertz CT molecular complexity index is 1210. The van der Waals surface area contributed by atoms with E-state index >= 15 is 0 Å². The summed E-state index contributed by atoms with van der Waals surface area (Å²) in [5, 5.41) is 3.97. The number of rotatable bonds is 9. The van der Waals surface area contributed by atoms with Crippen molar-refractivity contribution < 1.29 is 23.8 Å². The fourth-order valence-electron chi connectivity index (χ4n) is 3.12. The number of halogens is 1. The molecule has 0 atom stereocenters. The lowest BCUT2D eigenvalue weighted by molar-refractivity contribution is -0.123. The van der Waals surface area contributed by atoms with E-state index in [1.165, 1.54) is 6.21 Å². The Morgan fingerprint density at radius 1 is 1.03 bits per heavy atom. The molecule has 3 aromatic rings. The summed E-state index contributed by atoms with van der Waals surface area (Å²) < 4.78 is 17.2. The average Bonchev–Trinajstić information content (AvgIpc) is 2.85. The molecule has 0 saturated heterocycles. The number of hydrogen-bond acceptors (Lipinski definition) is 6. The van der Waals surface area contributed by atoms with Crippen LogP contribution in [0, 0.1) is 6.92 Å². The highest BCUT2D eigenvalue weighted by atomic mass is 79.9. The van der Waals surface area contributed by atoms with Gasteiger partial charge in [-0.05, 0) is 90.2 Å². The van der Waals surface area contributed by atoms with Gasteiger partial charge in [0.1, 0.15) is 17.2 Å². The lowest BCUT2D eigenvalue weighted by Crippen LogP contribution is -2.25. The summed E-state index contributed by atoms with van der Waals surface area (Å²) >= 11 is 3.53. The molecule has 0 aromatic heterocycles. The van der Waals surface area contributed by atoms with Crippen molar-refractivity contribution in [2.45, 2.75) is 26.7 Å². The Labute approximate surface area is 213 Å². The predicted molar refractivity (Wildman–Crippen MR) is 139 cm³/mol. The van der Waals surface area contributed by atoms with Gasteiger partial charge in [-0.2, -0.15) is 5.10 Å². The smallest absolute Gasteiger partial charge is 0.343 e. The molecular weight excluding hydrogens is 512 g/mol. The third kappa shape index (κ3) is 7.42. The molecule has 3 aromatic carbocycles. The Morgan fingerprint density at radius 2 is 1.69 bits per heavy atom. The van der Waals surface area contributed by atoms with Crippen LogP contribution in [0.2, 0.25) is 0 Å². The first kappa shape index (κ1) is 26.0. The van der Waals surface area contributed by atoms with Crippen molar-refractivity contribution in [1.29, 1.82) is 0 Å². The molecule has 8 heteroatoms. The summed E-state index contributed by atoms with van der Waals surface area (Å²) in [7, 11) is 1.56. The number of aryl methyl sites for hydroxylation is 1. The summed E-state index contributed by atoms with van der Waals surface area (Å²) in [6.07, 6.45) is 1.50. The van der Waals surface area contributed by atoms with E-state index in [0.717, 1.165) is 21.2 Å². The minimum absolute atomic E-state index is 0.154. The zero-order chi connectivity index (χ0) is 25.4. The molecule has 0 saturated carbocycles. The van der Waals surface area contributed by atoms with Gasteiger partial charge in [-0.15, -0.1) is 0 Å². The van der Waals surface area contributed by atoms with E-state index < -0.39 is 5.97 Å². The molecule has 0 heterocycles. The van der Waals surface area contributed by atoms with Crippen molar-refractivity contribution in [2.24, 2.45) is 5.10 Å². The van der Waals surface area contributed by atoms with Gasteiger partial charge >= 0.3 is 5.97 Å². The molecule has 3 rings (SSSR count). The number of ether oxygens (including phenoxy) is 3. The van der Waals surface area contributed by atoms with Gasteiger partial charge in [0.2, 0.25) is 0 Å². The summed E-state index contributed by atoms with van der Waals surface area (Å²) in [6.45, 7) is 5.95. The maximum Gasteiger partial charge on any atom is 0.343 e. The first-order chi connectivity index (χ1) is 16.8. The SMILES string of the molecule is COc1ccc(C(=O)Oc2ccc(/C=N\NC(=O)COc3cc(C)c(Br)cc3C(C)C)cc2)cc1. The number of carbonyl (C=O) groups is 2. The van der Waals surface area contributed by atoms with E-state index in [1.54, 1.807) is 55.6 Å². The molecule has 0 radical (unpaired) electrons. The number of hydrazone groups is 1. The van der Waals surface area contributed by atoms with Crippen LogP contribution in [0.3, 0.4) is 0 Å². The number of benzene rings is 3. The molecule has 0 spiro atoms. The first-order valence-corrected chi connectivity index (χ1v) is 11.8. The van der Waals surface area contributed by atoms with E-state index in [2.05, 4.69) is 40.3 Å². The lowest BCUT2D eigenvalue weighted by atomic mass is 10.0. The average molecular weight is 539 g/mol. The highest BCUT2D eigenvalue weighted by Gasteiger charge is 2.12. The second kappa shape index (κ2) is 12.2. The van der Waals surface area contributed by atoms with E-state index in [-0.39, 0.29) is 18.4 Å². The highest BCUT2D eigenvalue weighted by molar-refractivity contribution is 9.10. The second-order valence-corrected chi connectivity index (χ2v) is 8.92. The van der Waals surface area contributed by atoms with Crippen LogP contribution < -0.4 is 19.6 Å². The third-order valence-electron chi connectivity index (χ3n) is 5.09. The van der Waals surface area contributed by atoms with Crippen LogP contribution in [-0.4, -0.2) is 31.8 Å². The molecule has 1 amide bonds. The number of esters is 1. The topological polar surface area (TPSA) is 86.2 Å². The van der Waals surface area contributed by atoms with Crippen LogP contribution >= 0.6 is 15.9 Å². The van der Waals surface area contributed by atoms with Gasteiger partial charge in [0.15, 0.2) is 6.61 Å². The van der Waals surface area contributed by atoms with Crippen molar-refractivity contribution in [3.05, 3.63) is 87.4 Å². The normalized spacial score (nSPS) is 10.9. The molecular formula is C27H27BrN2O5. The second-order valence-electron chi connectivity index (χ2n) is 8.06. The van der Waals surface area contributed by atoms with E-state index in [1.807, 2.05) is 19.1 Å². The van der Waals surface area contributed by atoms with Crippen LogP contribution in [0.4, 0.5) is 0 Å². The summed E-state index contributed by atoms with van der Waals surface area (Å²) in [4.78, 5) is 24.4. The van der Waals surface area contributed by atoms with Crippen molar-refractivity contribution in [3.63, 3.8) is 0 Å². The summed E-state index contributed by atoms with van der Waals surface area (Å²) in [6, 6.07) is 17.3. The van der Waals surface area contributed by atoms with Crippen LogP contribution in [-0.2, 0) is 4.79 Å². The fraction of sp³-hybridized carbons (Fsp3) is 0.222. The number of amides is 1. The summed E-state index contributed by atoms with van der Waals surface area (Å²) in [5.41, 5.74) is 5.64. The number of nitrogens with one attached hydrogen (secondary N) is 1. The zero-order valence-corrected chi connectivity index (χ0v) is 21.6. The number of nitrogens with zero attached hydrogens (tertiary/aromatic N) is 1. The zero-order valence-electron chi connectivity index (χ0n) is 20.0. The summed E-state index contributed by atoms with van der Waals surface area (Å²) in [5.74, 6) is 1.14. The largest absolute Gasteiger partial charge is 0.497 e.